The Balaban J connectivity index is 3.63. The highest BCUT2D eigenvalue weighted by atomic mass is 16.5. The lowest BCUT2D eigenvalue weighted by Crippen LogP contribution is -2.18. The molecule has 0 amide bonds. The lowest BCUT2D eigenvalue weighted by molar-refractivity contribution is -0.150. The van der Waals surface area contributed by atoms with Crippen LogP contribution in [0.2, 0.25) is 0 Å². The van der Waals surface area contributed by atoms with Crippen LogP contribution in [0.1, 0.15) is 162 Å². The lowest BCUT2D eigenvalue weighted by Gasteiger charge is -2.08. The van der Waals surface area contributed by atoms with Gasteiger partial charge in [-0.15, -0.1) is 0 Å². The summed E-state index contributed by atoms with van der Waals surface area (Å²) >= 11 is 0. The van der Waals surface area contributed by atoms with Crippen LogP contribution >= 0.6 is 0 Å². The molecule has 0 rings (SSSR count). The Labute approximate surface area is 217 Å². The van der Waals surface area contributed by atoms with Gasteiger partial charge >= 0.3 is 11.9 Å². The van der Waals surface area contributed by atoms with Crippen LogP contribution in [-0.2, 0) is 14.3 Å². The molecule has 1 atom stereocenters. The van der Waals surface area contributed by atoms with Gasteiger partial charge in [0.1, 0.15) is 0 Å². The van der Waals surface area contributed by atoms with Gasteiger partial charge in [0.15, 0.2) is 0 Å². The van der Waals surface area contributed by atoms with Gasteiger partial charge in [0.2, 0.25) is 0 Å². The van der Waals surface area contributed by atoms with E-state index in [1.807, 2.05) is 6.08 Å². The summed E-state index contributed by atoms with van der Waals surface area (Å²) in [6, 6.07) is 0. The number of carboxylic acids is 1. The van der Waals surface area contributed by atoms with E-state index >= 15 is 0 Å². The topological polar surface area (TPSA) is 63.6 Å². The number of ether oxygens (including phenoxy) is 1. The van der Waals surface area contributed by atoms with E-state index in [2.05, 4.69) is 13.8 Å². The van der Waals surface area contributed by atoms with Crippen LogP contribution in [0.25, 0.3) is 0 Å². The predicted molar refractivity (Wildman–Crippen MR) is 149 cm³/mol. The number of rotatable bonds is 27. The lowest BCUT2D eigenvalue weighted by atomic mass is 10.0. The molecule has 1 N–H and O–H groups in total. The average Bonchev–Trinajstić information content (AvgIpc) is 2.84. The third kappa shape index (κ3) is 25.6. The molecule has 0 saturated heterocycles. The molecule has 4 nitrogen and oxygen atoms in total. The molecule has 0 aliphatic heterocycles. The van der Waals surface area contributed by atoms with E-state index < -0.39 is 17.9 Å². The maximum atomic E-state index is 12.0. The number of allylic oxidation sites excluding steroid dienone is 1. The van der Waals surface area contributed by atoms with Crippen LogP contribution in [0.4, 0.5) is 0 Å². The molecule has 4 heteroatoms. The first-order valence-electron chi connectivity index (χ1n) is 15.2. The summed E-state index contributed by atoms with van der Waals surface area (Å²) in [6.45, 7) is 4.88. The number of carbonyl (C=O) groups is 2. The minimum Gasteiger partial charge on any atom is -0.481 e. The minimum atomic E-state index is -0.949. The van der Waals surface area contributed by atoms with E-state index in [1.54, 1.807) is 6.08 Å². The molecule has 0 radical (unpaired) electrons. The number of hydrogen-bond acceptors (Lipinski definition) is 3. The Morgan fingerprint density at radius 3 is 1.46 bits per heavy atom. The first kappa shape index (κ1) is 33.7. The third-order valence-electron chi connectivity index (χ3n) is 6.81. The molecule has 0 aliphatic rings. The molecule has 0 bridgehead atoms. The molecule has 206 valence electrons. The fourth-order valence-corrected chi connectivity index (χ4v) is 4.44. The minimum absolute atomic E-state index is 0.0684. The summed E-state index contributed by atoms with van der Waals surface area (Å²) in [7, 11) is 0. The fourth-order valence-electron chi connectivity index (χ4n) is 4.44. The third-order valence-corrected chi connectivity index (χ3v) is 6.81. The van der Waals surface area contributed by atoms with Crippen molar-refractivity contribution in [3.63, 3.8) is 0 Å². The van der Waals surface area contributed by atoms with Gasteiger partial charge in [-0.1, -0.05) is 148 Å². The van der Waals surface area contributed by atoms with Crippen molar-refractivity contribution in [3.05, 3.63) is 12.2 Å². The van der Waals surface area contributed by atoms with E-state index in [0.29, 0.717) is 6.61 Å². The van der Waals surface area contributed by atoms with Crippen LogP contribution in [0, 0.1) is 5.92 Å². The summed E-state index contributed by atoms with van der Waals surface area (Å²) in [4.78, 5) is 23.5. The van der Waals surface area contributed by atoms with E-state index in [-0.39, 0.29) is 6.42 Å². The molecule has 0 aliphatic carbocycles. The molecule has 0 spiro atoms. The molecule has 0 fully saturated rings. The molecule has 0 heterocycles. The Hall–Kier alpha value is -1.32. The van der Waals surface area contributed by atoms with Crippen molar-refractivity contribution < 1.29 is 19.4 Å². The fraction of sp³-hybridized carbons (Fsp3) is 0.871. The summed E-state index contributed by atoms with van der Waals surface area (Å²) in [5.74, 6) is -2.12. The summed E-state index contributed by atoms with van der Waals surface area (Å²) in [5.41, 5.74) is 0. The zero-order valence-electron chi connectivity index (χ0n) is 23.4. The number of aliphatic carboxylic acids is 1. The van der Waals surface area contributed by atoms with Crippen molar-refractivity contribution in [3.8, 4) is 0 Å². The molecule has 0 aromatic carbocycles. The van der Waals surface area contributed by atoms with E-state index in [1.165, 1.54) is 116 Å². The van der Waals surface area contributed by atoms with Crippen LogP contribution in [0.15, 0.2) is 12.2 Å². The number of unbranched alkanes of at least 4 members (excludes halogenated alkanes) is 20. The van der Waals surface area contributed by atoms with Gasteiger partial charge in [-0.2, -0.15) is 0 Å². The normalized spacial score (nSPS) is 12.3. The first-order chi connectivity index (χ1) is 17.1. The Morgan fingerprint density at radius 1 is 0.629 bits per heavy atom. The predicted octanol–water partition coefficient (Wildman–Crippen LogP) is 9.80. The van der Waals surface area contributed by atoms with Gasteiger partial charge in [0, 0.05) is 0 Å². The number of esters is 1. The highest BCUT2D eigenvalue weighted by Gasteiger charge is 2.19. The van der Waals surface area contributed by atoms with Gasteiger partial charge in [-0.05, 0) is 19.3 Å². The van der Waals surface area contributed by atoms with E-state index in [0.717, 1.165) is 25.7 Å². The number of carboxylic acid groups (broad SMARTS) is 1. The Kier molecular flexibility index (Phi) is 26.2. The second kappa shape index (κ2) is 27.3. The summed E-state index contributed by atoms with van der Waals surface area (Å²) in [5, 5.41) is 9.40. The molecule has 1 unspecified atom stereocenters. The SMILES string of the molecule is CCCCCCCCCCCCCCCCC=CC(CC(=O)OCCCCCCCCC)C(=O)O. The molecular formula is C31H58O4. The summed E-state index contributed by atoms with van der Waals surface area (Å²) in [6.07, 6.45) is 31.3. The Bertz CT molecular complexity index is 500. The van der Waals surface area contributed by atoms with Gasteiger partial charge in [-0.3, -0.25) is 9.59 Å². The maximum Gasteiger partial charge on any atom is 0.310 e. The number of hydrogen-bond donors (Lipinski definition) is 1. The largest absolute Gasteiger partial charge is 0.481 e. The van der Waals surface area contributed by atoms with Gasteiger partial charge in [0.05, 0.1) is 18.9 Å². The second-order valence-electron chi connectivity index (χ2n) is 10.3. The zero-order chi connectivity index (χ0) is 25.8. The van der Waals surface area contributed by atoms with E-state index in [4.69, 9.17) is 4.74 Å². The van der Waals surface area contributed by atoms with Crippen LogP contribution in [0.3, 0.4) is 0 Å². The van der Waals surface area contributed by atoms with Crippen molar-refractivity contribution in [1.82, 2.24) is 0 Å². The van der Waals surface area contributed by atoms with Gasteiger partial charge in [0.25, 0.3) is 0 Å². The summed E-state index contributed by atoms with van der Waals surface area (Å²) < 4.78 is 5.25. The highest BCUT2D eigenvalue weighted by molar-refractivity contribution is 5.80. The number of carbonyl (C=O) groups excluding carboxylic acids is 1. The zero-order valence-corrected chi connectivity index (χ0v) is 23.4. The van der Waals surface area contributed by atoms with Gasteiger partial charge in [-0.25, -0.2) is 0 Å². The molecule has 0 aromatic rings. The molecule has 0 saturated carbocycles. The average molecular weight is 495 g/mol. The second-order valence-corrected chi connectivity index (χ2v) is 10.3. The molecule has 0 aromatic heterocycles. The van der Waals surface area contributed by atoms with Crippen molar-refractivity contribution in [2.75, 3.05) is 6.61 Å². The first-order valence-corrected chi connectivity index (χ1v) is 15.2. The van der Waals surface area contributed by atoms with Crippen molar-refractivity contribution in [2.45, 2.75) is 162 Å². The quantitative estimate of drug-likeness (QED) is 0.0701. The maximum absolute atomic E-state index is 12.0. The molecule has 35 heavy (non-hydrogen) atoms. The van der Waals surface area contributed by atoms with Crippen LogP contribution < -0.4 is 0 Å². The standard InChI is InChI=1S/C31H58O4/c1-3-5-7-9-11-12-13-14-15-16-17-18-19-20-22-24-26-29(31(33)34)28-30(32)35-27-25-23-21-10-8-6-4-2/h24,26,29H,3-23,25,27-28H2,1-2H3,(H,33,34). The van der Waals surface area contributed by atoms with Crippen LogP contribution in [0.5, 0.6) is 0 Å². The van der Waals surface area contributed by atoms with Crippen molar-refractivity contribution >= 4 is 11.9 Å². The Morgan fingerprint density at radius 2 is 1.03 bits per heavy atom. The van der Waals surface area contributed by atoms with Crippen LogP contribution in [-0.4, -0.2) is 23.7 Å². The van der Waals surface area contributed by atoms with Crippen molar-refractivity contribution in [2.24, 2.45) is 5.92 Å². The highest BCUT2D eigenvalue weighted by Crippen LogP contribution is 2.14. The van der Waals surface area contributed by atoms with E-state index in [9.17, 15) is 14.7 Å². The smallest absolute Gasteiger partial charge is 0.310 e. The van der Waals surface area contributed by atoms with Gasteiger partial charge < -0.3 is 9.84 Å². The van der Waals surface area contributed by atoms with Crippen molar-refractivity contribution in [1.29, 1.82) is 0 Å². The molecular weight excluding hydrogens is 436 g/mol. The monoisotopic (exact) mass is 494 g/mol.